The van der Waals surface area contributed by atoms with Gasteiger partial charge in [0, 0.05) is 11.4 Å². The van der Waals surface area contributed by atoms with E-state index in [9.17, 15) is 4.79 Å². The van der Waals surface area contributed by atoms with Crippen molar-refractivity contribution in [1.29, 1.82) is 0 Å². The van der Waals surface area contributed by atoms with Crippen LogP contribution < -0.4 is 15.4 Å². The first-order valence-electron chi connectivity index (χ1n) is 10.1. The lowest BCUT2D eigenvalue weighted by molar-refractivity contribution is -0.113. The number of hydrogen-bond acceptors (Lipinski definition) is 5. The highest BCUT2D eigenvalue weighted by Crippen LogP contribution is 2.36. The van der Waals surface area contributed by atoms with Gasteiger partial charge >= 0.3 is 0 Å². The Morgan fingerprint density at radius 2 is 2.03 bits per heavy atom. The molecular formula is C23H25N5O2. The van der Waals surface area contributed by atoms with E-state index >= 15 is 0 Å². The number of hydrogen-bond donors (Lipinski definition) is 2. The topological polar surface area (TPSA) is 81.1 Å². The summed E-state index contributed by atoms with van der Waals surface area (Å²) in [4.78, 5) is 17.6. The number of allylic oxidation sites excluding steroid dienone is 1. The number of nitrogens with zero attached hydrogens (tertiary/aromatic N) is 3. The van der Waals surface area contributed by atoms with Crippen molar-refractivity contribution in [3.8, 4) is 5.75 Å². The highest BCUT2D eigenvalue weighted by molar-refractivity contribution is 6.06. The Morgan fingerprint density at radius 1 is 1.20 bits per heavy atom. The lowest BCUT2D eigenvalue weighted by atomic mass is 9.95. The van der Waals surface area contributed by atoms with Gasteiger partial charge in [0.15, 0.2) is 0 Å². The normalized spacial score (nSPS) is 15.3. The van der Waals surface area contributed by atoms with Crippen molar-refractivity contribution in [3.63, 3.8) is 0 Å². The van der Waals surface area contributed by atoms with Crippen molar-refractivity contribution in [1.82, 2.24) is 14.8 Å². The molecule has 2 aromatic carbocycles. The predicted molar refractivity (Wildman–Crippen MR) is 116 cm³/mol. The van der Waals surface area contributed by atoms with E-state index < -0.39 is 6.04 Å². The lowest BCUT2D eigenvalue weighted by Gasteiger charge is -2.29. The molecule has 0 fully saturated rings. The Hall–Kier alpha value is -3.61. The smallest absolute Gasteiger partial charge is 0.255 e. The molecule has 0 unspecified atom stereocenters. The third-order valence-electron chi connectivity index (χ3n) is 5.01. The zero-order chi connectivity index (χ0) is 20.9. The van der Waals surface area contributed by atoms with Crippen LogP contribution in [0.2, 0.25) is 0 Å². The second kappa shape index (κ2) is 8.82. The summed E-state index contributed by atoms with van der Waals surface area (Å²) in [6.07, 6.45) is 3.55. The molecule has 2 heterocycles. The summed E-state index contributed by atoms with van der Waals surface area (Å²) in [6.45, 7) is 4.68. The minimum absolute atomic E-state index is 0.186. The first-order valence-corrected chi connectivity index (χ1v) is 10.1. The van der Waals surface area contributed by atoms with Gasteiger partial charge in [-0.05, 0) is 43.2 Å². The number of para-hydroxylation sites is 1. The van der Waals surface area contributed by atoms with Crippen molar-refractivity contribution in [2.75, 3.05) is 17.2 Å². The van der Waals surface area contributed by atoms with Gasteiger partial charge in [0.05, 0.1) is 12.2 Å². The predicted octanol–water partition coefficient (Wildman–Crippen LogP) is 4.38. The van der Waals surface area contributed by atoms with Crippen LogP contribution in [0.1, 0.15) is 38.3 Å². The summed E-state index contributed by atoms with van der Waals surface area (Å²) in [6, 6.07) is 16.8. The number of anilines is 2. The van der Waals surface area contributed by atoms with E-state index in [1.165, 1.54) is 6.33 Å². The summed E-state index contributed by atoms with van der Waals surface area (Å²) >= 11 is 0. The summed E-state index contributed by atoms with van der Waals surface area (Å²) in [5.41, 5.74) is 2.98. The van der Waals surface area contributed by atoms with Gasteiger partial charge in [0.25, 0.3) is 5.91 Å². The maximum atomic E-state index is 13.3. The van der Waals surface area contributed by atoms with Crippen LogP contribution in [0.3, 0.4) is 0 Å². The molecule has 2 N–H and O–H groups in total. The second-order valence-electron chi connectivity index (χ2n) is 7.19. The van der Waals surface area contributed by atoms with E-state index in [1.807, 2.05) is 61.5 Å². The Kier molecular flexibility index (Phi) is 5.79. The first kappa shape index (κ1) is 19.7. The van der Waals surface area contributed by atoms with Crippen molar-refractivity contribution < 1.29 is 9.53 Å². The molecule has 1 atom stereocenters. The van der Waals surface area contributed by atoms with Crippen LogP contribution in [0, 0.1) is 0 Å². The number of aromatic nitrogens is 3. The van der Waals surface area contributed by atoms with Crippen LogP contribution in [0.25, 0.3) is 0 Å². The first-order chi connectivity index (χ1) is 14.7. The van der Waals surface area contributed by atoms with Crippen LogP contribution in [-0.2, 0) is 4.79 Å². The molecular weight excluding hydrogens is 378 g/mol. The number of unbranched alkanes of at least 4 members (excludes halogenated alkanes) is 1. The Bertz CT molecular complexity index is 1060. The van der Waals surface area contributed by atoms with Crippen molar-refractivity contribution in [2.45, 2.75) is 32.7 Å². The van der Waals surface area contributed by atoms with Crippen molar-refractivity contribution in [2.24, 2.45) is 0 Å². The monoisotopic (exact) mass is 403 g/mol. The van der Waals surface area contributed by atoms with Gasteiger partial charge < -0.3 is 15.4 Å². The minimum Gasteiger partial charge on any atom is -0.494 e. The summed E-state index contributed by atoms with van der Waals surface area (Å²) in [5.74, 6) is 1.20. The molecule has 1 aliphatic rings. The lowest BCUT2D eigenvalue weighted by Crippen LogP contribution is -2.31. The molecule has 0 bridgehead atoms. The van der Waals surface area contributed by atoms with Gasteiger partial charge in [-0.3, -0.25) is 4.79 Å². The van der Waals surface area contributed by atoms with Crippen LogP contribution in [-0.4, -0.2) is 27.3 Å². The fourth-order valence-corrected chi connectivity index (χ4v) is 3.52. The quantitative estimate of drug-likeness (QED) is 0.572. The molecule has 7 heteroatoms. The highest BCUT2D eigenvalue weighted by atomic mass is 16.5. The van der Waals surface area contributed by atoms with Gasteiger partial charge in [-0.15, -0.1) is 0 Å². The van der Waals surface area contributed by atoms with E-state index in [0.29, 0.717) is 18.1 Å². The third-order valence-corrected chi connectivity index (χ3v) is 5.01. The van der Waals surface area contributed by atoms with Gasteiger partial charge in [0.1, 0.15) is 18.1 Å². The molecule has 3 aromatic rings. The van der Waals surface area contributed by atoms with Gasteiger partial charge in [0.2, 0.25) is 5.95 Å². The summed E-state index contributed by atoms with van der Waals surface area (Å²) in [7, 11) is 0. The summed E-state index contributed by atoms with van der Waals surface area (Å²) in [5, 5.41) is 10.6. The zero-order valence-corrected chi connectivity index (χ0v) is 17.1. The van der Waals surface area contributed by atoms with Crippen molar-refractivity contribution in [3.05, 3.63) is 77.8 Å². The number of benzene rings is 2. The van der Waals surface area contributed by atoms with Crippen molar-refractivity contribution >= 4 is 17.5 Å². The van der Waals surface area contributed by atoms with Gasteiger partial charge in [-0.25, -0.2) is 4.68 Å². The Labute approximate surface area is 175 Å². The van der Waals surface area contributed by atoms with Crippen LogP contribution in [0.5, 0.6) is 5.75 Å². The number of carbonyl (C=O) groups excluding carboxylic acids is 1. The number of rotatable bonds is 7. The maximum absolute atomic E-state index is 13.3. The Morgan fingerprint density at radius 3 is 2.83 bits per heavy atom. The summed E-state index contributed by atoms with van der Waals surface area (Å²) < 4.78 is 7.62. The van der Waals surface area contributed by atoms with E-state index in [4.69, 9.17) is 4.74 Å². The number of carbonyl (C=O) groups is 1. The molecule has 0 radical (unpaired) electrons. The average molecular weight is 403 g/mol. The SMILES string of the molecule is CCCCOc1cccc([C@H]2C(C(=O)Nc3ccccc3)=C(C)Nc3ncnn32)c1. The molecule has 30 heavy (non-hydrogen) atoms. The molecule has 1 aliphatic heterocycles. The standard InChI is InChI=1S/C23H25N5O2/c1-3-4-13-30-19-12-8-9-17(14-19)21-20(16(2)26-23-24-15-25-28(21)23)22(29)27-18-10-6-5-7-11-18/h5-12,14-15,21H,3-4,13H2,1-2H3,(H,27,29)(H,24,25,26)/t21-/m0/s1. The number of amides is 1. The molecule has 0 saturated carbocycles. The van der Waals surface area contributed by atoms with Gasteiger partial charge in [-0.2, -0.15) is 10.1 Å². The fraction of sp³-hybridized carbons (Fsp3) is 0.261. The molecule has 154 valence electrons. The molecule has 0 spiro atoms. The maximum Gasteiger partial charge on any atom is 0.255 e. The fourth-order valence-electron chi connectivity index (χ4n) is 3.52. The molecule has 1 aromatic heterocycles. The average Bonchev–Trinajstić information content (AvgIpc) is 3.22. The highest BCUT2D eigenvalue weighted by Gasteiger charge is 2.33. The second-order valence-corrected chi connectivity index (χ2v) is 7.19. The molecule has 1 amide bonds. The van der Waals surface area contributed by atoms with E-state index in [2.05, 4.69) is 27.6 Å². The largest absolute Gasteiger partial charge is 0.494 e. The number of ether oxygens (including phenoxy) is 1. The third kappa shape index (κ3) is 4.05. The number of fused-ring (bicyclic) bond motifs is 1. The van der Waals surface area contributed by atoms with Crippen LogP contribution >= 0.6 is 0 Å². The molecule has 7 nitrogen and oxygen atoms in total. The van der Waals surface area contributed by atoms with Crippen LogP contribution in [0.15, 0.2) is 72.2 Å². The molecule has 0 saturated heterocycles. The van der Waals surface area contributed by atoms with Gasteiger partial charge in [-0.1, -0.05) is 43.7 Å². The zero-order valence-electron chi connectivity index (χ0n) is 17.1. The molecule has 0 aliphatic carbocycles. The van der Waals surface area contributed by atoms with E-state index in [1.54, 1.807) is 4.68 Å². The molecule has 4 rings (SSSR count). The minimum atomic E-state index is -0.415. The Balaban J connectivity index is 1.70. The van der Waals surface area contributed by atoms with Crippen LogP contribution in [0.4, 0.5) is 11.6 Å². The van der Waals surface area contributed by atoms with E-state index in [0.717, 1.165) is 35.5 Å². The number of nitrogens with one attached hydrogen (secondary N) is 2. The van der Waals surface area contributed by atoms with E-state index in [-0.39, 0.29) is 5.91 Å².